The predicted molar refractivity (Wildman–Crippen MR) is 150 cm³/mol. The van der Waals surface area contributed by atoms with Crippen LogP contribution in [-0.4, -0.2) is 73.1 Å². The van der Waals surface area contributed by atoms with Gasteiger partial charge >= 0.3 is 6.09 Å². The molecule has 2 amide bonds. The SMILES string of the molecule is CCN(CC)C(=O)c1ccc(C2=CC3(CCN(C(=O)OC(C)(C)C)CC3)Oc3ccc(F)cc32)c(OCOC)c1. The van der Waals surface area contributed by atoms with Crippen LogP contribution in [0.1, 0.15) is 68.9 Å². The van der Waals surface area contributed by atoms with Gasteiger partial charge in [0.15, 0.2) is 6.79 Å². The third kappa shape index (κ3) is 6.41. The fraction of sp³-hybridized carbons (Fsp3) is 0.484. The van der Waals surface area contributed by atoms with E-state index in [4.69, 9.17) is 18.9 Å². The van der Waals surface area contributed by atoms with E-state index in [1.807, 2.05) is 46.8 Å². The van der Waals surface area contributed by atoms with Gasteiger partial charge in [-0.25, -0.2) is 9.18 Å². The Kier molecular flexibility index (Phi) is 8.73. The minimum atomic E-state index is -0.715. The molecule has 8 nitrogen and oxygen atoms in total. The third-order valence-electron chi connectivity index (χ3n) is 7.12. The van der Waals surface area contributed by atoms with Crippen molar-refractivity contribution >= 4 is 17.6 Å². The van der Waals surface area contributed by atoms with Crippen LogP contribution >= 0.6 is 0 Å². The highest BCUT2D eigenvalue weighted by atomic mass is 19.1. The first kappa shape index (κ1) is 29.4. The molecule has 1 saturated heterocycles. The van der Waals surface area contributed by atoms with Crippen LogP contribution in [0, 0.1) is 5.82 Å². The quantitative estimate of drug-likeness (QED) is 0.398. The number of nitrogens with zero attached hydrogens (tertiary/aromatic N) is 2. The van der Waals surface area contributed by atoms with Crippen LogP contribution in [0.15, 0.2) is 42.5 Å². The first-order valence-electron chi connectivity index (χ1n) is 13.7. The number of halogens is 1. The van der Waals surface area contributed by atoms with Gasteiger partial charge in [0, 0.05) is 62.8 Å². The van der Waals surface area contributed by atoms with Gasteiger partial charge in [-0.15, -0.1) is 0 Å². The Labute approximate surface area is 235 Å². The Bertz CT molecular complexity index is 1270. The summed E-state index contributed by atoms with van der Waals surface area (Å²) in [7, 11) is 1.52. The molecular weight excluding hydrogens is 515 g/mol. The fourth-order valence-corrected chi connectivity index (χ4v) is 5.07. The maximum Gasteiger partial charge on any atom is 0.410 e. The average Bonchev–Trinajstić information content (AvgIpc) is 2.91. The molecule has 0 N–H and O–H groups in total. The van der Waals surface area contributed by atoms with Crippen molar-refractivity contribution in [1.29, 1.82) is 0 Å². The lowest BCUT2D eigenvalue weighted by molar-refractivity contribution is -0.00120. The molecule has 0 aromatic heterocycles. The van der Waals surface area contributed by atoms with E-state index in [1.165, 1.54) is 19.2 Å². The molecule has 2 aromatic rings. The summed E-state index contributed by atoms with van der Waals surface area (Å²) in [6.07, 6.45) is 2.70. The van der Waals surface area contributed by atoms with Gasteiger partial charge in [0.25, 0.3) is 5.91 Å². The number of hydrogen-bond acceptors (Lipinski definition) is 6. The lowest BCUT2D eigenvalue weighted by Gasteiger charge is -2.43. The van der Waals surface area contributed by atoms with Gasteiger partial charge in [-0.3, -0.25) is 4.79 Å². The van der Waals surface area contributed by atoms with Gasteiger partial charge < -0.3 is 28.7 Å². The van der Waals surface area contributed by atoms with E-state index in [0.717, 1.165) is 5.57 Å². The van der Waals surface area contributed by atoms with Gasteiger partial charge in [0.2, 0.25) is 0 Å². The van der Waals surface area contributed by atoms with Crippen molar-refractivity contribution in [2.24, 2.45) is 0 Å². The number of methoxy groups -OCH3 is 1. The second-order valence-electron chi connectivity index (χ2n) is 11.1. The Morgan fingerprint density at radius 1 is 1.05 bits per heavy atom. The summed E-state index contributed by atoms with van der Waals surface area (Å²) in [5.41, 5.74) is 1.21. The largest absolute Gasteiger partial charge is 0.482 e. The normalized spacial score (nSPS) is 16.1. The van der Waals surface area contributed by atoms with Gasteiger partial charge in [-0.1, -0.05) is 0 Å². The number of amides is 2. The average molecular weight is 555 g/mol. The van der Waals surface area contributed by atoms with Crippen LogP contribution in [0.3, 0.4) is 0 Å². The maximum atomic E-state index is 14.5. The number of fused-ring (bicyclic) bond motifs is 1. The van der Waals surface area contributed by atoms with Gasteiger partial charge in [0.1, 0.15) is 28.5 Å². The molecular formula is C31H39FN2O6. The summed E-state index contributed by atoms with van der Waals surface area (Å²) in [6.45, 7) is 11.4. The van der Waals surface area contributed by atoms with E-state index in [1.54, 1.807) is 28.0 Å². The van der Waals surface area contributed by atoms with Crippen molar-refractivity contribution < 1.29 is 32.9 Å². The smallest absolute Gasteiger partial charge is 0.410 e. The highest BCUT2D eigenvalue weighted by molar-refractivity contribution is 5.96. The first-order valence-corrected chi connectivity index (χ1v) is 13.7. The molecule has 0 unspecified atom stereocenters. The molecule has 0 radical (unpaired) electrons. The molecule has 2 aliphatic heterocycles. The number of piperidine rings is 1. The zero-order valence-electron chi connectivity index (χ0n) is 24.2. The number of carbonyl (C=O) groups excluding carboxylic acids is 2. The number of benzene rings is 2. The monoisotopic (exact) mass is 554 g/mol. The molecule has 1 fully saturated rings. The Morgan fingerprint density at radius 3 is 2.38 bits per heavy atom. The van der Waals surface area contributed by atoms with E-state index in [9.17, 15) is 14.0 Å². The van der Waals surface area contributed by atoms with Crippen molar-refractivity contribution in [1.82, 2.24) is 9.80 Å². The van der Waals surface area contributed by atoms with E-state index in [2.05, 4.69) is 0 Å². The van der Waals surface area contributed by atoms with Gasteiger partial charge in [-0.05, 0) is 82.7 Å². The van der Waals surface area contributed by atoms with Crippen LogP contribution in [0.2, 0.25) is 0 Å². The van der Waals surface area contributed by atoms with E-state index in [-0.39, 0.29) is 18.8 Å². The lowest BCUT2D eigenvalue weighted by Crippen LogP contribution is -2.50. The predicted octanol–water partition coefficient (Wildman–Crippen LogP) is 5.88. The lowest BCUT2D eigenvalue weighted by atomic mass is 9.82. The number of carbonyl (C=O) groups is 2. The minimum Gasteiger partial charge on any atom is -0.482 e. The highest BCUT2D eigenvalue weighted by Gasteiger charge is 2.41. The van der Waals surface area contributed by atoms with Crippen LogP contribution in [-0.2, 0) is 9.47 Å². The summed E-state index contributed by atoms with van der Waals surface area (Å²) >= 11 is 0. The summed E-state index contributed by atoms with van der Waals surface area (Å²) in [5, 5.41) is 0. The van der Waals surface area contributed by atoms with Crippen molar-refractivity contribution in [2.75, 3.05) is 40.1 Å². The number of rotatable bonds is 7. The second kappa shape index (κ2) is 11.9. The molecule has 0 bridgehead atoms. The van der Waals surface area contributed by atoms with Gasteiger partial charge in [0.05, 0.1) is 0 Å². The van der Waals surface area contributed by atoms with Crippen LogP contribution in [0.4, 0.5) is 9.18 Å². The van der Waals surface area contributed by atoms with E-state index < -0.39 is 17.0 Å². The van der Waals surface area contributed by atoms with Crippen molar-refractivity contribution in [3.8, 4) is 11.5 Å². The molecule has 1 spiro atoms. The minimum absolute atomic E-state index is 0.0221. The molecule has 216 valence electrons. The second-order valence-corrected chi connectivity index (χ2v) is 11.1. The zero-order valence-corrected chi connectivity index (χ0v) is 24.2. The first-order chi connectivity index (χ1) is 19.0. The highest BCUT2D eigenvalue weighted by Crippen LogP contribution is 2.45. The molecule has 0 atom stereocenters. The van der Waals surface area contributed by atoms with Gasteiger partial charge in [-0.2, -0.15) is 0 Å². The summed E-state index contributed by atoms with van der Waals surface area (Å²) < 4.78 is 37.7. The summed E-state index contributed by atoms with van der Waals surface area (Å²) in [5.74, 6) is 0.504. The van der Waals surface area contributed by atoms with E-state index in [0.29, 0.717) is 67.2 Å². The fourth-order valence-electron chi connectivity index (χ4n) is 5.07. The molecule has 0 aliphatic carbocycles. The maximum absolute atomic E-state index is 14.5. The standard InChI is InChI=1S/C31H39FN2O6/c1-7-33(8-2)28(35)21-9-11-23(27(17-21)38-20-37-6)25-19-31(39-26-12-10-22(32)18-24(25)26)13-15-34(16-14-31)29(36)40-30(3,4)5/h9-12,17-19H,7-8,13-16,20H2,1-6H3. The van der Waals surface area contributed by atoms with Crippen LogP contribution < -0.4 is 9.47 Å². The Balaban J connectivity index is 1.74. The van der Waals surface area contributed by atoms with Crippen molar-refractivity contribution in [3.63, 3.8) is 0 Å². The third-order valence-corrected chi connectivity index (χ3v) is 7.12. The summed E-state index contributed by atoms with van der Waals surface area (Å²) in [6, 6.07) is 9.76. The molecule has 9 heteroatoms. The molecule has 2 aliphatic rings. The number of hydrogen-bond donors (Lipinski definition) is 0. The van der Waals surface area contributed by atoms with Crippen LogP contribution in [0.25, 0.3) is 5.57 Å². The molecule has 0 saturated carbocycles. The van der Waals surface area contributed by atoms with E-state index >= 15 is 0 Å². The number of ether oxygens (including phenoxy) is 4. The topological polar surface area (TPSA) is 77.5 Å². The van der Waals surface area contributed by atoms with Crippen LogP contribution in [0.5, 0.6) is 11.5 Å². The summed E-state index contributed by atoms with van der Waals surface area (Å²) in [4.78, 5) is 29.2. The molecule has 4 rings (SSSR count). The molecule has 40 heavy (non-hydrogen) atoms. The Hall–Kier alpha value is -3.59. The van der Waals surface area contributed by atoms with Crippen molar-refractivity contribution in [2.45, 2.75) is 58.7 Å². The molecule has 2 aromatic carbocycles. The number of likely N-dealkylation sites (tertiary alicyclic amines) is 1. The zero-order chi connectivity index (χ0) is 29.1. The Morgan fingerprint density at radius 2 is 1.75 bits per heavy atom. The van der Waals surface area contributed by atoms with Crippen molar-refractivity contribution in [3.05, 3.63) is 65.0 Å². The molecule has 2 heterocycles.